The van der Waals surface area contributed by atoms with E-state index in [9.17, 15) is 14.7 Å². The van der Waals surface area contributed by atoms with Gasteiger partial charge in [0.15, 0.2) is 0 Å². The average molecular weight is 281 g/mol. The van der Waals surface area contributed by atoms with Gasteiger partial charge in [0.2, 0.25) is 5.91 Å². The number of methoxy groups -OCH3 is 1. The van der Waals surface area contributed by atoms with Crippen molar-refractivity contribution in [1.29, 1.82) is 0 Å². The number of hydrogen-bond donors (Lipinski definition) is 1. The molecule has 1 aromatic rings. The van der Waals surface area contributed by atoms with Crippen LogP contribution in [0.5, 0.6) is 0 Å². The molecule has 7 heteroatoms. The van der Waals surface area contributed by atoms with Crippen molar-refractivity contribution in [2.24, 2.45) is 13.0 Å². The predicted octanol–water partition coefficient (Wildman–Crippen LogP) is 0.431. The van der Waals surface area contributed by atoms with Crippen LogP contribution in [0.2, 0.25) is 0 Å². The molecule has 1 amide bonds. The number of hydrogen-bond acceptors (Lipinski definition) is 4. The fourth-order valence-corrected chi connectivity index (χ4v) is 2.70. The fourth-order valence-electron chi connectivity index (χ4n) is 2.70. The third-order valence-corrected chi connectivity index (χ3v) is 3.72. The first-order chi connectivity index (χ1) is 9.56. The molecule has 0 radical (unpaired) electrons. The Hall–Kier alpha value is -1.89. The third-order valence-electron chi connectivity index (χ3n) is 3.72. The number of aliphatic carboxylic acids is 1. The van der Waals surface area contributed by atoms with E-state index < -0.39 is 17.9 Å². The fraction of sp³-hybridized carbons (Fsp3) is 0.615. The van der Waals surface area contributed by atoms with Gasteiger partial charge in [0.25, 0.3) is 0 Å². The van der Waals surface area contributed by atoms with Gasteiger partial charge in [-0.15, -0.1) is 0 Å². The molecule has 2 atom stereocenters. The highest BCUT2D eigenvalue weighted by atomic mass is 16.5. The Kier molecular flexibility index (Phi) is 4.39. The molecule has 0 spiro atoms. The number of carbonyl (C=O) groups is 2. The number of carboxylic acids is 1. The van der Waals surface area contributed by atoms with Gasteiger partial charge in [-0.3, -0.25) is 14.3 Å². The number of piperidine rings is 1. The Morgan fingerprint density at radius 3 is 2.90 bits per heavy atom. The molecular weight excluding hydrogens is 262 g/mol. The Morgan fingerprint density at radius 2 is 2.35 bits per heavy atom. The summed E-state index contributed by atoms with van der Waals surface area (Å²) in [4.78, 5) is 25.2. The number of amides is 1. The van der Waals surface area contributed by atoms with Crippen LogP contribution in [0.15, 0.2) is 12.3 Å². The maximum Gasteiger partial charge on any atom is 0.309 e. The average Bonchev–Trinajstić information content (AvgIpc) is 2.82. The summed E-state index contributed by atoms with van der Waals surface area (Å²) in [5.74, 6) is -1.53. The van der Waals surface area contributed by atoms with Crippen LogP contribution in [0.1, 0.15) is 24.6 Å². The van der Waals surface area contributed by atoms with Gasteiger partial charge in [-0.25, -0.2) is 0 Å². The van der Waals surface area contributed by atoms with Crippen LogP contribution in [0, 0.1) is 5.92 Å². The van der Waals surface area contributed by atoms with Gasteiger partial charge in [0, 0.05) is 33.3 Å². The quantitative estimate of drug-likeness (QED) is 0.846. The normalized spacial score (nSPS) is 23.1. The van der Waals surface area contributed by atoms with Crippen molar-refractivity contribution >= 4 is 11.9 Å². The molecule has 1 aliphatic rings. The minimum absolute atomic E-state index is 0.0363. The smallest absolute Gasteiger partial charge is 0.309 e. The van der Waals surface area contributed by atoms with E-state index in [1.165, 1.54) is 0 Å². The molecule has 7 nitrogen and oxygen atoms in total. The number of nitrogens with zero attached hydrogens (tertiary/aromatic N) is 3. The summed E-state index contributed by atoms with van der Waals surface area (Å²) in [6.07, 6.45) is 2.23. The molecule has 20 heavy (non-hydrogen) atoms. The van der Waals surface area contributed by atoms with E-state index in [1.54, 1.807) is 36.0 Å². The topological polar surface area (TPSA) is 84.7 Å². The van der Waals surface area contributed by atoms with Crippen LogP contribution >= 0.6 is 0 Å². The Labute approximate surface area is 117 Å². The molecule has 110 valence electrons. The summed E-state index contributed by atoms with van der Waals surface area (Å²) in [6, 6.07) is 1.27. The number of rotatable bonds is 5. The Balaban J connectivity index is 2.36. The summed E-state index contributed by atoms with van der Waals surface area (Å²) >= 11 is 0. The number of ether oxygens (including phenoxy) is 1. The zero-order chi connectivity index (χ0) is 14.7. The van der Waals surface area contributed by atoms with E-state index >= 15 is 0 Å². The lowest BCUT2D eigenvalue weighted by Gasteiger charge is -2.39. The van der Waals surface area contributed by atoms with Crippen LogP contribution < -0.4 is 0 Å². The number of carbonyl (C=O) groups excluding carboxylic acids is 1. The molecule has 1 aromatic heterocycles. The second-order valence-electron chi connectivity index (χ2n) is 4.89. The molecule has 2 heterocycles. The monoisotopic (exact) mass is 281 g/mol. The highest BCUT2D eigenvalue weighted by molar-refractivity contribution is 5.81. The van der Waals surface area contributed by atoms with Crippen LogP contribution in [-0.4, -0.2) is 51.9 Å². The summed E-state index contributed by atoms with van der Waals surface area (Å²) < 4.78 is 6.64. The summed E-state index contributed by atoms with van der Waals surface area (Å²) in [7, 11) is 3.31. The van der Waals surface area contributed by atoms with Gasteiger partial charge in [0.1, 0.15) is 0 Å². The van der Waals surface area contributed by atoms with Crippen LogP contribution in [0.4, 0.5) is 0 Å². The molecule has 0 aromatic carbocycles. The number of likely N-dealkylation sites (tertiary alicyclic amines) is 1. The minimum Gasteiger partial charge on any atom is -0.481 e. The number of aryl methyl sites for hydroxylation is 1. The van der Waals surface area contributed by atoms with Gasteiger partial charge < -0.3 is 14.7 Å². The summed E-state index contributed by atoms with van der Waals surface area (Å²) in [6.45, 7) is 0.765. The molecule has 1 N–H and O–H groups in total. The highest BCUT2D eigenvalue weighted by Crippen LogP contribution is 2.36. The zero-order valence-corrected chi connectivity index (χ0v) is 11.7. The summed E-state index contributed by atoms with van der Waals surface area (Å²) in [5.41, 5.74) is 0.738. The van der Waals surface area contributed by atoms with E-state index in [-0.39, 0.29) is 12.3 Å². The molecular formula is C13H19N3O4. The molecule has 1 aliphatic heterocycles. The molecule has 1 saturated heterocycles. The number of carboxylic acid groups (broad SMARTS) is 1. The standard InChI is InChI=1S/C13H19N3O4/c1-15-10(5-6-14-15)12-9(13(18)19)3-4-11(17)16(12)7-8-20-2/h5-6,9,12H,3-4,7-8H2,1-2H3,(H,18,19). The second kappa shape index (κ2) is 6.04. The van der Waals surface area contributed by atoms with E-state index in [0.717, 1.165) is 5.69 Å². The lowest BCUT2D eigenvalue weighted by atomic mass is 9.86. The molecule has 2 rings (SSSR count). The maximum atomic E-state index is 12.1. The lowest BCUT2D eigenvalue weighted by molar-refractivity contribution is -0.152. The molecule has 0 aliphatic carbocycles. The van der Waals surface area contributed by atoms with Gasteiger partial charge >= 0.3 is 5.97 Å². The molecule has 1 fully saturated rings. The van der Waals surface area contributed by atoms with Gasteiger partial charge in [-0.05, 0) is 12.5 Å². The van der Waals surface area contributed by atoms with Crippen molar-refractivity contribution in [3.63, 3.8) is 0 Å². The first-order valence-corrected chi connectivity index (χ1v) is 6.55. The Bertz CT molecular complexity index is 500. The molecule has 0 bridgehead atoms. The SMILES string of the molecule is COCCN1C(=O)CCC(C(=O)O)C1c1ccnn1C. The highest BCUT2D eigenvalue weighted by Gasteiger charge is 2.41. The van der Waals surface area contributed by atoms with Crippen molar-refractivity contribution in [3.8, 4) is 0 Å². The van der Waals surface area contributed by atoms with E-state index in [0.29, 0.717) is 19.6 Å². The van der Waals surface area contributed by atoms with Crippen molar-refractivity contribution in [2.75, 3.05) is 20.3 Å². The first-order valence-electron chi connectivity index (χ1n) is 6.55. The van der Waals surface area contributed by atoms with Gasteiger partial charge in [-0.1, -0.05) is 0 Å². The largest absolute Gasteiger partial charge is 0.481 e. The van der Waals surface area contributed by atoms with E-state index in [4.69, 9.17) is 4.74 Å². The number of aromatic nitrogens is 2. The van der Waals surface area contributed by atoms with Gasteiger partial charge in [-0.2, -0.15) is 5.10 Å². The second-order valence-corrected chi connectivity index (χ2v) is 4.89. The van der Waals surface area contributed by atoms with Crippen LogP contribution in [0.25, 0.3) is 0 Å². The minimum atomic E-state index is -0.883. The third kappa shape index (κ3) is 2.67. The van der Waals surface area contributed by atoms with Crippen molar-refractivity contribution in [3.05, 3.63) is 18.0 Å². The first kappa shape index (κ1) is 14.5. The van der Waals surface area contributed by atoms with Crippen LogP contribution in [-0.2, 0) is 21.4 Å². The summed E-state index contributed by atoms with van der Waals surface area (Å²) in [5, 5.41) is 13.5. The van der Waals surface area contributed by atoms with Gasteiger partial charge in [0.05, 0.1) is 24.3 Å². The lowest BCUT2D eigenvalue weighted by Crippen LogP contribution is -2.47. The van der Waals surface area contributed by atoms with E-state index in [2.05, 4.69) is 5.10 Å². The van der Waals surface area contributed by atoms with Crippen molar-refractivity contribution in [1.82, 2.24) is 14.7 Å². The molecule has 0 saturated carbocycles. The van der Waals surface area contributed by atoms with Crippen molar-refractivity contribution < 1.29 is 19.4 Å². The maximum absolute atomic E-state index is 12.1. The predicted molar refractivity (Wildman–Crippen MR) is 69.9 cm³/mol. The Morgan fingerprint density at radius 1 is 1.60 bits per heavy atom. The van der Waals surface area contributed by atoms with Crippen LogP contribution in [0.3, 0.4) is 0 Å². The van der Waals surface area contributed by atoms with Crippen molar-refractivity contribution in [2.45, 2.75) is 18.9 Å². The zero-order valence-electron chi connectivity index (χ0n) is 11.7. The van der Waals surface area contributed by atoms with E-state index in [1.807, 2.05) is 0 Å². The molecule has 2 unspecified atom stereocenters.